The molecule has 4 aromatic heterocycles. The van der Waals surface area contributed by atoms with Crippen LogP contribution in [0, 0.1) is 5.82 Å². The Hall–Kier alpha value is -5.91. The van der Waals surface area contributed by atoms with Gasteiger partial charge in [0.05, 0.1) is 22.9 Å². The van der Waals surface area contributed by atoms with Crippen molar-refractivity contribution >= 4 is 29.2 Å². The second kappa shape index (κ2) is 10.2. The molecule has 12 heteroatoms. The minimum Gasteiger partial charge on any atom is -0.507 e. The number of nitrogens with zero attached hydrogens (tertiary/aromatic N) is 6. The zero-order valence-electron chi connectivity index (χ0n) is 22.5. The number of amides is 1. The van der Waals surface area contributed by atoms with Crippen molar-refractivity contribution in [3.63, 3.8) is 0 Å². The zero-order valence-corrected chi connectivity index (χ0v) is 22.5. The molecule has 43 heavy (non-hydrogen) atoms. The van der Waals surface area contributed by atoms with Crippen LogP contribution in [-0.2, 0) is 6.42 Å². The summed E-state index contributed by atoms with van der Waals surface area (Å²) >= 11 is 0. The van der Waals surface area contributed by atoms with Gasteiger partial charge >= 0.3 is 0 Å². The lowest BCUT2D eigenvalue weighted by molar-refractivity contribution is 0.0936. The van der Waals surface area contributed by atoms with Gasteiger partial charge in [-0.2, -0.15) is 5.10 Å². The van der Waals surface area contributed by atoms with Gasteiger partial charge in [-0.1, -0.05) is 0 Å². The first kappa shape index (κ1) is 26.0. The smallest absolute Gasteiger partial charge is 0.251 e. The van der Waals surface area contributed by atoms with Gasteiger partial charge in [0.15, 0.2) is 23.6 Å². The second-order valence-corrected chi connectivity index (χ2v) is 10.1. The summed E-state index contributed by atoms with van der Waals surface area (Å²) in [5.74, 6) is 0.0798. The molecule has 7 rings (SSSR count). The molecule has 0 radical (unpaired) electrons. The van der Waals surface area contributed by atoms with Gasteiger partial charge in [-0.3, -0.25) is 14.2 Å². The van der Waals surface area contributed by atoms with Crippen molar-refractivity contribution in [1.29, 1.82) is 0 Å². The number of benzene rings is 2. The maximum atomic E-state index is 16.0. The molecule has 6 aromatic rings. The summed E-state index contributed by atoms with van der Waals surface area (Å²) in [6.07, 6.45) is 6.48. The SMILES string of the molecule is Nc1ncccc1-c1nc2ccc(-n3cccn3)nc2n1-c1cc(F)c2c(c1)CC[C@@H]2NC(=O)c1ccc(O)c(C=O)c1. The van der Waals surface area contributed by atoms with E-state index in [9.17, 15) is 14.7 Å². The summed E-state index contributed by atoms with van der Waals surface area (Å²) in [4.78, 5) is 38.0. The van der Waals surface area contributed by atoms with Crippen molar-refractivity contribution in [3.05, 3.63) is 107 Å². The quantitative estimate of drug-likeness (QED) is 0.249. The van der Waals surface area contributed by atoms with Crippen LogP contribution in [0.2, 0.25) is 0 Å². The first-order chi connectivity index (χ1) is 20.9. The highest BCUT2D eigenvalue weighted by Gasteiger charge is 2.30. The van der Waals surface area contributed by atoms with Crippen molar-refractivity contribution in [2.75, 3.05) is 5.73 Å². The monoisotopic (exact) mass is 574 g/mol. The zero-order chi connectivity index (χ0) is 29.7. The van der Waals surface area contributed by atoms with E-state index in [-0.39, 0.29) is 22.7 Å². The van der Waals surface area contributed by atoms with E-state index in [0.717, 1.165) is 5.56 Å². The van der Waals surface area contributed by atoms with E-state index < -0.39 is 17.8 Å². The average Bonchev–Trinajstić information content (AvgIpc) is 3.76. The number of pyridine rings is 2. The molecule has 1 atom stereocenters. The number of carbonyl (C=O) groups excluding carboxylic acids is 2. The van der Waals surface area contributed by atoms with Crippen LogP contribution in [0.1, 0.15) is 44.3 Å². The number of hydrogen-bond donors (Lipinski definition) is 3. The van der Waals surface area contributed by atoms with Crippen LogP contribution in [0.15, 0.2) is 79.3 Å². The largest absolute Gasteiger partial charge is 0.507 e. The molecule has 2 aromatic carbocycles. The number of aldehydes is 1. The van der Waals surface area contributed by atoms with Gasteiger partial charge in [-0.15, -0.1) is 0 Å². The molecule has 0 spiro atoms. The van der Waals surface area contributed by atoms with Crippen molar-refractivity contribution in [3.8, 4) is 28.6 Å². The molecular weight excluding hydrogens is 551 g/mol. The number of anilines is 1. The number of imidazole rings is 1. The Bertz CT molecular complexity index is 2050. The molecule has 0 aliphatic heterocycles. The fraction of sp³-hybridized carbons (Fsp3) is 0.0968. The number of carbonyl (C=O) groups is 2. The molecule has 1 aliphatic carbocycles. The molecule has 4 heterocycles. The molecule has 212 valence electrons. The van der Waals surface area contributed by atoms with E-state index in [0.29, 0.717) is 58.7 Å². The minimum atomic E-state index is -0.581. The normalized spacial score (nSPS) is 14.1. The number of nitrogen functional groups attached to an aromatic ring is 1. The fourth-order valence-corrected chi connectivity index (χ4v) is 5.52. The van der Waals surface area contributed by atoms with Crippen LogP contribution < -0.4 is 11.1 Å². The van der Waals surface area contributed by atoms with Gasteiger partial charge in [0.1, 0.15) is 22.9 Å². The third-order valence-corrected chi connectivity index (χ3v) is 7.54. The van der Waals surface area contributed by atoms with Gasteiger partial charge in [-0.25, -0.2) is 24.0 Å². The molecule has 0 bridgehead atoms. The number of nitrogens with two attached hydrogens (primary N) is 1. The van der Waals surface area contributed by atoms with Crippen molar-refractivity contribution in [2.45, 2.75) is 18.9 Å². The molecular formula is C31H23FN8O3. The van der Waals surface area contributed by atoms with Crippen LogP contribution in [0.25, 0.3) is 34.1 Å². The molecule has 1 amide bonds. The van der Waals surface area contributed by atoms with Crippen molar-refractivity contribution in [2.24, 2.45) is 0 Å². The number of phenolic OH excluding ortho intramolecular Hbond substituents is 1. The number of rotatable bonds is 6. The maximum Gasteiger partial charge on any atom is 0.251 e. The lowest BCUT2D eigenvalue weighted by Crippen LogP contribution is -2.27. The summed E-state index contributed by atoms with van der Waals surface area (Å²) in [7, 11) is 0. The Morgan fingerprint density at radius 1 is 1.09 bits per heavy atom. The van der Waals surface area contributed by atoms with Gasteiger partial charge in [0, 0.05) is 29.7 Å². The van der Waals surface area contributed by atoms with Crippen LogP contribution in [-0.4, -0.2) is 46.6 Å². The lowest BCUT2D eigenvalue weighted by atomic mass is 10.0. The van der Waals surface area contributed by atoms with E-state index in [1.54, 1.807) is 52.1 Å². The molecule has 4 N–H and O–H groups in total. The lowest BCUT2D eigenvalue weighted by Gasteiger charge is -2.17. The van der Waals surface area contributed by atoms with E-state index >= 15 is 4.39 Å². The number of aryl methyl sites for hydroxylation is 1. The van der Waals surface area contributed by atoms with Crippen LogP contribution >= 0.6 is 0 Å². The predicted molar refractivity (Wildman–Crippen MR) is 156 cm³/mol. The number of aromatic nitrogens is 6. The minimum absolute atomic E-state index is 0.00256. The second-order valence-electron chi connectivity index (χ2n) is 10.1. The number of halogens is 1. The number of nitrogens with one attached hydrogen (secondary N) is 1. The predicted octanol–water partition coefficient (Wildman–Crippen LogP) is 4.32. The fourth-order valence-electron chi connectivity index (χ4n) is 5.52. The van der Waals surface area contributed by atoms with Crippen LogP contribution in [0.4, 0.5) is 10.2 Å². The Morgan fingerprint density at radius 2 is 1.98 bits per heavy atom. The summed E-state index contributed by atoms with van der Waals surface area (Å²) < 4.78 is 19.4. The standard InChI is InChI=1S/C31H23FN8O3/c32-22-15-20(14-17-4-6-23(27(17)22)37-31(43)18-5-8-25(42)19(13-18)16-41)40-29(21-3-1-10-34-28(21)33)36-24-7-9-26(38-30(24)40)39-12-2-11-35-39/h1-3,5,7-16,23,42H,4,6H2,(H2,33,34)(H,37,43)/t23-/m0/s1. The highest BCUT2D eigenvalue weighted by Crippen LogP contribution is 2.38. The van der Waals surface area contributed by atoms with E-state index in [1.807, 2.05) is 12.1 Å². The van der Waals surface area contributed by atoms with Crippen molar-refractivity contribution in [1.82, 2.24) is 34.6 Å². The summed E-state index contributed by atoms with van der Waals surface area (Å²) in [5.41, 5.74) is 9.66. The topological polar surface area (TPSA) is 154 Å². The summed E-state index contributed by atoms with van der Waals surface area (Å²) in [5, 5.41) is 16.9. The maximum absolute atomic E-state index is 16.0. The first-order valence-corrected chi connectivity index (χ1v) is 13.4. The highest BCUT2D eigenvalue weighted by atomic mass is 19.1. The van der Waals surface area contributed by atoms with Crippen LogP contribution in [0.3, 0.4) is 0 Å². The van der Waals surface area contributed by atoms with Gasteiger partial charge < -0.3 is 16.2 Å². The average molecular weight is 575 g/mol. The number of fused-ring (bicyclic) bond motifs is 2. The van der Waals surface area contributed by atoms with Crippen LogP contribution in [0.5, 0.6) is 5.75 Å². The Labute approximate surface area is 243 Å². The Balaban J connectivity index is 1.32. The van der Waals surface area contributed by atoms with Gasteiger partial charge in [0.2, 0.25) is 0 Å². The molecule has 0 saturated carbocycles. The third-order valence-electron chi connectivity index (χ3n) is 7.54. The van der Waals surface area contributed by atoms with Gasteiger partial charge in [-0.05, 0) is 79.1 Å². The Morgan fingerprint density at radius 3 is 2.77 bits per heavy atom. The number of phenols is 1. The van der Waals surface area contributed by atoms with E-state index in [1.165, 1.54) is 24.3 Å². The molecule has 1 aliphatic rings. The molecule has 0 unspecified atom stereocenters. The first-order valence-electron chi connectivity index (χ1n) is 13.4. The number of aromatic hydroxyl groups is 1. The Kier molecular flexibility index (Phi) is 6.16. The van der Waals surface area contributed by atoms with E-state index in [2.05, 4.69) is 15.4 Å². The molecule has 0 fully saturated rings. The van der Waals surface area contributed by atoms with Crippen molar-refractivity contribution < 1.29 is 19.1 Å². The molecule has 11 nitrogen and oxygen atoms in total. The van der Waals surface area contributed by atoms with E-state index in [4.69, 9.17) is 15.7 Å². The summed E-state index contributed by atoms with van der Waals surface area (Å²) in [6, 6.07) is 15.6. The summed E-state index contributed by atoms with van der Waals surface area (Å²) in [6.45, 7) is 0. The van der Waals surface area contributed by atoms with Gasteiger partial charge in [0.25, 0.3) is 5.91 Å². The third kappa shape index (κ3) is 4.45. The molecule has 0 saturated heterocycles. The highest BCUT2D eigenvalue weighted by molar-refractivity contribution is 5.96. The number of hydrogen-bond acceptors (Lipinski definition) is 8.